The minimum Gasteiger partial charge on any atom is -0.497 e. The summed E-state index contributed by atoms with van der Waals surface area (Å²) < 4.78 is 6.21. The van der Waals surface area contributed by atoms with Crippen LogP contribution in [0.15, 0.2) is 46.9 Å². The van der Waals surface area contributed by atoms with E-state index in [1.54, 1.807) is 7.11 Å². The van der Waals surface area contributed by atoms with Gasteiger partial charge in [-0.3, -0.25) is 0 Å². The van der Waals surface area contributed by atoms with Crippen LogP contribution in [-0.4, -0.2) is 13.7 Å². The van der Waals surface area contributed by atoms with Gasteiger partial charge in [0.25, 0.3) is 0 Å². The molecule has 112 valence electrons. The molecule has 2 aromatic rings. The minimum atomic E-state index is 0.229. The van der Waals surface area contributed by atoms with E-state index in [0.717, 1.165) is 28.2 Å². The Morgan fingerprint density at radius 1 is 1.24 bits per heavy atom. The van der Waals surface area contributed by atoms with Gasteiger partial charge in [0.05, 0.1) is 12.1 Å². The second-order valence-corrected chi connectivity index (χ2v) is 6.10. The zero-order valence-electron chi connectivity index (χ0n) is 12.2. The van der Waals surface area contributed by atoms with Gasteiger partial charge in [-0.25, -0.2) is 0 Å². The summed E-state index contributed by atoms with van der Waals surface area (Å²) in [5, 5.41) is 4.25. The Morgan fingerprint density at radius 2 is 2.05 bits per heavy atom. The third-order valence-electron chi connectivity index (χ3n) is 3.37. The van der Waals surface area contributed by atoms with Crippen LogP contribution in [0.2, 0.25) is 5.02 Å². The lowest BCUT2D eigenvalue weighted by atomic mass is 9.98. The van der Waals surface area contributed by atoms with Crippen LogP contribution >= 0.6 is 27.5 Å². The van der Waals surface area contributed by atoms with Crippen LogP contribution in [0.5, 0.6) is 5.75 Å². The third kappa shape index (κ3) is 4.47. The minimum absolute atomic E-state index is 0.229. The first-order chi connectivity index (χ1) is 10.1. The van der Waals surface area contributed by atoms with Gasteiger partial charge in [0, 0.05) is 10.5 Å². The van der Waals surface area contributed by atoms with E-state index in [1.165, 1.54) is 11.1 Å². The Bertz CT molecular complexity index is 603. The van der Waals surface area contributed by atoms with Crippen molar-refractivity contribution in [3.05, 3.63) is 63.1 Å². The van der Waals surface area contributed by atoms with Gasteiger partial charge in [-0.15, -0.1) is 0 Å². The summed E-state index contributed by atoms with van der Waals surface area (Å²) in [5.74, 6) is 0.886. The van der Waals surface area contributed by atoms with Crippen LogP contribution in [0.25, 0.3) is 0 Å². The predicted octanol–water partition coefficient (Wildman–Crippen LogP) is 5.00. The molecule has 2 nitrogen and oxygen atoms in total. The topological polar surface area (TPSA) is 21.3 Å². The van der Waals surface area contributed by atoms with Crippen molar-refractivity contribution in [3.63, 3.8) is 0 Å². The maximum absolute atomic E-state index is 6.21. The van der Waals surface area contributed by atoms with Crippen molar-refractivity contribution >= 4 is 27.5 Å². The molecule has 0 aliphatic heterocycles. The summed E-state index contributed by atoms with van der Waals surface area (Å²) in [6.45, 7) is 3.02. The fraction of sp³-hybridized carbons (Fsp3) is 0.294. The molecule has 2 rings (SSSR count). The first-order valence-electron chi connectivity index (χ1n) is 6.95. The van der Waals surface area contributed by atoms with Crippen LogP contribution < -0.4 is 10.1 Å². The lowest BCUT2D eigenvalue weighted by Gasteiger charge is -2.19. The lowest BCUT2D eigenvalue weighted by Crippen LogP contribution is -2.23. The monoisotopic (exact) mass is 367 g/mol. The van der Waals surface area contributed by atoms with Gasteiger partial charge >= 0.3 is 0 Å². The molecule has 0 aromatic heterocycles. The summed E-state index contributed by atoms with van der Waals surface area (Å²) in [6.07, 6.45) is 0.892. The average molecular weight is 369 g/mol. The predicted molar refractivity (Wildman–Crippen MR) is 92.3 cm³/mol. The number of methoxy groups -OCH3 is 1. The lowest BCUT2D eigenvalue weighted by molar-refractivity contribution is 0.414. The van der Waals surface area contributed by atoms with Crippen molar-refractivity contribution in [1.29, 1.82) is 0 Å². The van der Waals surface area contributed by atoms with Crippen molar-refractivity contribution in [2.24, 2.45) is 0 Å². The average Bonchev–Trinajstić information content (AvgIpc) is 2.50. The highest BCUT2D eigenvalue weighted by atomic mass is 79.9. The highest BCUT2D eigenvalue weighted by Crippen LogP contribution is 2.28. The van der Waals surface area contributed by atoms with E-state index in [4.69, 9.17) is 16.3 Å². The standard InChI is InChI=1S/C17H19BrClNO/c1-3-20-17(13-7-8-15(18)16(19)11-13)10-12-5-4-6-14(9-12)21-2/h4-9,11,17,20H,3,10H2,1-2H3. The van der Waals surface area contributed by atoms with E-state index in [2.05, 4.69) is 46.4 Å². The summed E-state index contributed by atoms with van der Waals surface area (Å²) >= 11 is 9.65. The molecule has 1 unspecified atom stereocenters. The van der Waals surface area contributed by atoms with E-state index in [1.807, 2.05) is 24.3 Å². The first-order valence-corrected chi connectivity index (χ1v) is 8.12. The molecule has 0 amide bonds. The molecule has 1 N–H and O–H groups in total. The molecule has 4 heteroatoms. The molecule has 0 heterocycles. The summed E-state index contributed by atoms with van der Waals surface area (Å²) in [5.41, 5.74) is 2.42. The molecular formula is C17H19BrClNO. The van der Waals surface area contributed by atoms with E-state index in [-0.39, 0.29) is 6.04 Å². The summed E-state index contributed by atoms with van der Waals surface area (Å²) in [4.78, 5) is 0. The molecule has 0 bridgehead atoms. The van der Waals surface area contributed by atoms with Crippen LogP contribution in [-0.2, 0) is 6.42 Å². The van der Waals surface area contributed by atoms with Crippen LogP contribution in [0.3, 0.4) is 0 Å². The maximum atomic E-state index is 6.21. The van der Waals surface area contributed by atoms with Crippen LogP contribution in [0.1, 0.15) is 24.1 Å². The van der Waals surface area contributed by atoms with E-state index in [9.17, 15) is 0 Å². The summed E-state index contributed by atoms with van der Waals surface area (Å²) in [7, 11) is 1.69. The van der Waals surface area contributed by atoms with Gasteiger partial charge in [-0.05, 0) is 64.3 Å². The van der Waals surface area contributed by atoms with Gasteiger partial charge in [-0.1, -0.05) is 36.7 Å². The van der Waals surface area contributed by atoms with E-state index in [0.29, 0.717) is 0 Å². The molecule has 0 saturated carbocycles. The van der Waals surface area contributed by atoms with Crippen molar-refractivity contribution in [2.45, 2.75) is 19.4 Å². The van der Waals surface area contributed by atoms with Crippen LogP contribution in [0, 0.1) is 0 Å². The SMILES string of the molecule is CCNC(Cc1cccc(OC)c1)c1ccc(Br)c(Cl)c1. The van der Waals surface area contributed by atoms with Gasteiger partial charge < -0.3 is 10.1 Å². The molecule has 2 aromatic carbocycles. The smallest absolute Gasteiger partial charge is 0.119 e. The van der Waals surface area contributed by atoms with Crippen molar-refractivity contribution in [2.75, 3.05) is 13.7 Å². The Labute approximate surface area is 139 Å². The molecule has 21 heavy (non-hydrogen) atoms. The number of nitrogens with one attached hydrogen (secondary N) is 1. The van der Waals surface area contributed by atoms with Crippen molar-refractivity contribution in [3.8, 4) is 5.75 Å². The largest absolute Gasteiger partial charge is 0.497 e. The molecule has 0 fully saturated rings. The maximum Gasteiger partial charge on any atom is 0.119 e. The highest BCUT2D eigenvalue weighted by Gasteiger charge is 2.13. The van der Waals surface area contributed by atoms with Gasteiger partial charge in [0.1, 0.15) is 5.75 Å². The molecule has 0 aliphatic carbocycles. The molecule has 0 aliphatic rings. The van der Waals surface area contributed by atoms with Gasteiger partial charge in [0.15, 0.2) is 0 Å². The number of likely N-dealkylation sites (N-methyl/N-ethyl adjacent to an activating group) is 1. The third-order valence-corrected chi connectivity index (χ3v) is 4.60. The van der Waals surface area contributed by atoms with Crippen molar-refractivity contribution in [1.82, 2.24) is 5.32 Å². The Balaban J connectivity index is 2.23. The Morgan fingerprint density at radius 3 is 2.71 bits per heavy atom. The number of ether oxygens (including phenoxy) is 1. The van der Waals surface area contributed by atoms with Crippen molar-refractivity contribution < 1.29 is 4.74 Å². The molecular weight excluding hydrogens is 350 g/mol. The second-order valence-electron chi connectivity index (χ2n) is 4.84. The second kappa shape index (κ2) is 7.83. The molecule has 0 radical (unpaired) electrons. The Hall–Kier alpha value is -1.03. The highest BCUT2D eigenvalue weighted by molar-refractivity contribution is 9.10. The number of hydrogen-bond acceptors (Lipinski definition) is 2. The zero-order chi connectivity index (χ0) is 15.2. The first kappa shape index (κ1) is 16.3. The zero-order valence-corrected chi connectivity index (χ0v) is 14.5. The van der Waals surface area contributed by atoms with Gasteiger partial charge in [-0.2, -0.15) is 0 Å². The number of benzene rings is 2. The summed E-state index contributed by atoms with van der Waals surface area (Å²) in [6, 6.07) is 14.5. The Kier molecular flexibility index (Phi) is 6.09. The molecule has 0 saturated heterocycles. The van der Waals surface area contributed by atoms with Crippen LogP contribution in [0.4, 0.5) is 0 Å². The van der Waals surface area contributed by atoms with Gasteiger partial charge in [0.2, 0.25) is 0 Å². The number of halogens is 2. The fourth-order valence-electron chi connectivity index (χ4n) is 2.32. The number of hydrogen-bond donors (Lipinski definition) is 1. The normalized spacial score (nSPS) is 12.2. The number of rotatable bonds is 6. The molecule has 1 atom stereocenters. The molecule has 0 spiro atoms. The van der Waals surface area contributed by atoms with E-state index < -0.39 is 0 Å². The quantitative estimate of drug-likeness (QED) is 0.774. The fourth-order valence-corrected chi connectivity index (χ4v) is 2.75. The van der Waals surface area contributed by atoms with E-state index >= 15 is 0 Å².